The van der Waals surface area contributed by atoms with Crippen LogP contribution in [0.3, 0.4) is 0 Å². The minimum atomic E-state index is -0.153. The fourth-order valence-corrected chi connectivity index (χ4v) is 4.99. The summed E-state index contributed by atoms with van der Waals surface area (Å²) in [5.41, 5.74) is 0.956. The predicted molar refractivity (Wildman–Crippen MR) is 105 cm³/mol. The molecule has 7 nitrogen and oxygen atoms in total. The van der Waals surface area contributed by atoms with Gasteiger partial charge in [0.25, 0.3) is 5.91 Å². The topological polar surface area (TPSA) is 78.7 Å². The van der Waals surface area contributed by atoms with Crippen LogP contribution in [0.1, 0.15) is 49.5 Å². The third-order valence-electron chi connectivity index (χ3n) is 6.69. The van der Waals surface area contributed by atoms with Crippen LogP contribution in [-0.2, 0) is 4.79 Å². The van der Waals surface area contributed by atoms with Crippen molar-refractivity contribution in [3.8, 4) is 0 Å². The highest BCUT2D eigenvalue weighted by Crippen LogP contribution is 2.32. The van der Waals surface area contributed by atoms with Crippen LogP contribution in [0.2, 0.25) is 0 Å². The van der Waals surface area contributed by atoms with E-state index in [4.69, 9.17) is 4.42 Å². The second kappa shape index (κ2) is 6.88. The first kappa shape index (κ1) is 17.7. The first-order chi connectivity index (χ1) is 13.6. The fraction of sp³-hybridized carbons (Fsp3) is 0.571. The molecule has 2 aromatic heterocycles. The van der Waals surface area contributed by atoms with Crippen molar-refractivity contribution in [2.75, 3.05) is 24.5 Å². The van der Waals surface area contributed by atoms with Crippen LogP contribution in [0.15, 0.2) is 22.7 Å². The summed E-state index contributed by atoms with van der Waals surface area (Å²) >= 11 is 0. The van der Waals surface area contributed by atoms with E-state index in [2.05, 4.69) is 22.1 Å². The lowest BCUT2D eigenvalue weighted by molar-refractivity contribution is -0.119. The highest BCUT2D eigenvalue weighted by Gasteiger charge is 2.40. The molecule has 4 saturated heterocycles. The van der Waals surface area contributed by atoms with Gasteiger partial charge in [0, 0.05) is 48.8 Å². The summed E-state index contributed by atoms with van der Waals surface area (Å²) in [6, 6.07) is 4.06. The molecule has 4 fully saturated rings. The molecule has 6 heterocycles. The predicted octanol–water partition coefficient (Wildman–Crippen LogP) is 2.56. The number of amides is 2. The standard InChI is InChI=1S/C21H26N4O3/c1-13-20(14-5-8-24(13)9-6-14)23-21(27)16-11-17-15(12-22-16)10-19(28-17)25-7-3-2-4-18(25)26/h10-14,20H,2-9H2,1H3,(H,23,27)/t13-,20-/m0/s1. The second-order valence-corrected chi connectivity index (χ2v) is 8.31. The monoisotopic (exact) mass is 382 g/mol. The number of aromatic nitrogens is 1. The molecule has 6 rings (SSSR count). The Morgan fingerprint density at radius 3 is 2.79 bits per heavy atom. The molecular formula is C21H26N4O3. The Balaban J connectivity index is 1.36. The largest absolute Gasteiger partial charge is 0.440 e. The Morgan fingerprint density at radius 2 is 2.04 bits per heavy atom. The number of nitrogens with one attached hydrogen (secondary N) is 1. The molecule has 7 heteroatoms. The van der Waals surface area contributed by atoms with Gasteiger partial charge in [0.2, 0.25) is 11.8 Å². The first-order valence-electron chi connectivity index (χ1n) is 10.3. The Hall–Kier alpha value is -2.41. The molecular weight excluding hydrogens is 356 g/mol. The van der Waals surface area contributed by atoms with Gasteiger partial charge in [-0.15, -0.1) is 0 Å². The van der Waals surface area contributed by atoms with Crippen LogP contribution in [0, 0.1) is 5.92 Å². The minimum absolute atomic E-state index is 0.0903. The highest BCUT2D eigenvalue weighted by atomic mass is 16.4. The van der Waals surface area contributed by atoms with E-state index in [1.54, 1.807) is 17.2 Å². The van der Waals surface area contributed by atoms with Gasteiger partial charge >= 0.3 is 0 Å². The van der Waals surface area contributed by atoms with Gasteiger partial charge in [-0.05, 0) is 51.6 Å². The smallest absolute Gasteiger partial charge is 0.270 e. The zero-order valence-electron chi connectivity index (χ0n) is 16.2. The van der Waals surface area contributed by atoms with Gasteiger partial charge < -0.3 is 9.73 Å². The zero-order chi connectivity index (χ0) is 19.3. The number of fused-ring (bicyclic) bond motifs is 4. The first-order valence-corrected chi connectivity index (χ1v) is 10.3. The zero-order valence-corrected chi connectivity index (χ0v) is 16.2. The molecule has 4 aliphatic heterocycles. The number of carbonyl (C=O) groups excluding carboxylic acids is 2. The number of rotatable bonds is 3. The number of piperidine rings is 4. The van der Waals surface area contributed by atoms with Gasteiger partial charge in [-0.25, -0.2) is 0 Å². The maximum atomic E-state index is 12.8. The average Bonchev–Trinajstić information content (AvgIpc) is 3.14. The lowest BCUT2D eigenvalue weighted by Crippen LogP contribution is -2.62. The van der Waals surface area contributed by atoms with Gasteiger partial charge in [-0.2, -0.15) is 0 Å². The van der Waals surface area contributed by atoms with Gasteiger partial charge in [0.05, 0.1) is 0 Å². The third kappa shape index (κ3) is 2.98. The van der Waals surface area contributed by atoms with Gasteiger partial charge in [-0.3, -0.25) is 24.4 Å². The van der Waals surface area contributed by atoms with Crippen LogP contribution < -0.4 is 10.2 Å². The number of furan rings is 1. The van der Waals surface area contributed by atoms with E-state index in [1.165, 1.54) is 0 Å². The van der Waals surface area contributed by atoms with Crippen molar-refractivity contribution in [2.24, 2.45) is 5.92 Å². The number of pyridine rings is 1. The highest BCUT2D eigenvalue weighted by molar-refractivity contribution is 5.98. The molecule has 1 N–H and O–H groups in total. The van der Waals surface area contributed by atoms with Crippen LogP contribution in [0.25, 0.3) is 11.0 Å². The SMILES string of the molecule is C[C@H]1[C@H](NC(=O)c2cc3oc(N4CCCCC4=O)cc3cn2)C2CCN1CC2. The molecule has 0 saturated carbocycles. The molecule has 4 aliphatic rings. The number of hydrogen-bond acceptors (Lipinski definition) is 5. The van der Waals surface area contributed by atoms with E-state index in [1.807, 2.05) is 6.07 Å². The van der Waals surface area contributed by atoms with E-state index in [-0.39, 0.29) is 17.9 Å². The average molecular weight is 382 g/mol. The molecule has 0 radical (unpaired) electrons. The molecule has 0 unspecified atom stereocenters. The van der Waals surface area contributed by atoms with E-state index < -0.39 is 0 Å². The summed E-state index contributed by atoms with van der Waals surface area (Å²) in [7, 11) is 0. The molecule has 0 aromatic carbocycles. The Bertz CT molecular complexity index is 914. The Morgan fingerprint density at radius 1 is 1.21 bits per heavy atom. The molecule has 2 aromatic rings. The van der Waals surface area contributed by atoms with Crippen LogP contribution in [0.4, 0.5) is 5.88 Å². The molecule has 0 spiro atoms. The second-order valence-electron chi connectivity index (χ2n) is 8.31. The fourth-order valence-electron chi connectivity index (χ4n) is 4.99. The summed E-state index contributed by atoms with van der Waals surface area (Å²) < 4.78 is 5.91. The summed E-state index contributed by atoms with van der Waals surface area (Å²) in [6.45, 7) is 5.14. The van der Waals surface area contributed by atoms with Crippen molar-refractivity contribution in [2.45, 2.75) is 51.1 Å². The van der Waals surface area contributed by atoms with Crippen molar-refractivity contribution in [1.29, 1.82) is 0 Å². The van der Waals surface area contributed by atoms with E-state index in [0.29, 0.717) is 42.1 Å². The van der Waals surface area contributed by atoms with E-state index in [0.717, 1.165) is 44.2 Å². The third-order valence-corrected chi connectivity index (χ3v) is 6.69. The maximum Gasteiger partial charge on any atom is 0.270 e. The molecule has 2 atom stereocenters. The molecule has 2 bridgehead atoms. The molecule has 0 aliphatic carbocycles. The molecule has 2 amide bonds. The summed E-state index contributed by atoms with van der Waals surface area (Å²) in [5, 5.41) is 4.02. The summed E-state index contributed by atoms with van der Waals surface area (Å²) in [6.07, 6.45) is 6.42. The van der Waals surface area contributed by atoms with Crippen molar-refractivity contribution in [1.82, 2.24) is 15.2 Å². The summed E-state index contributed by atoms with van der Waals surface area (Å²) in [5.74, 6) is 1.03. The van der Waals surface area contributed by atoms with Gasteiger partial charge in [-0.1, -0.05) is 0 Å². The Labute approximate surface area is 164 Å². The van der Waals surface area contributed by atoms with Gasteiger partial charge in [0.1, 0.15) is 11.3 Å². The normalized spacial score (nSPS) is 30.0. The van der Waals surface area contributed by atoms with Crippen molar-refractivity contribution >= 4 is 28.7 Å². The minimum Gasteiger partial charge on any atom is -0.440 e. The van der Waals surface area contributed by atoms with Crippen molar-refractivity contribution < 1.29 is 14.0 Å². The number of anilines is 1. The number of hydrogen-bond donors (Lipinski definition) is 1. The van der Waals surface area contributed by atoms with Crippen LogP contribution in [0.5, 0.6) is 0 Å². The Kier molecular flexibility index (Phi) is 4.34. The number of carbonyl (C=O) groups is 2. The van der Waals surface area contributed by atoms with Gasteiger partial charge in [0.15, 0.2) is 0 Å². The molecule has 148 valence electrons. The lowest BCUT2D eigenvalue weighted by atomic mass is 9.79. The van der Waals surface area contributed by atoms with Crippen molar-refractivity contribution in [3.05, 3.63) is 24.0 Å². The summed E-state index contributed by atoms with van der Waals surface area (Å²) in [4.78, 5) is 33.5. The van der Waals surface area contributed by atoms with Crippen molar-refractivity contribution in [3.63, 3.8) is 0 Å². The van der Waals surface area contributed by atoms with E-state index >= 15 is 0 Å². The quantitative estimate of drug-likeness (QED) is 0.883. The number of nitrogens with zero attached hydrogens (tertiary/aromatic N) is 3. The van der Waals surface area contributed by atoms with Crippen LogP contribution >= 0.6 is 0 Å². The lowest BCUT2D eigenvalue weighted by Gasteiger charge is -2.49. The van der Waals surface area contributed by atoms with Crippen LogP contribution in [-0.4, -0.2) is 53.4 Å². The maximum absolute atomic E-state index is 12.8. The van der Waals surface area contributed by atoms with E-state index in [9.17, 15) is 9.59 Å². The molecule has 28 heavy (non-hydrogen) atoms.